The summed E-state index contributed by atoms with van der Waals surface area (Å²) in [4.78, 5) is 1.13. The molecule has 3 aromatic rings. The van der Waals surface area contributed by atoms with Crippen molar-refractivity contribution in [2.45, 2.75) is 0 Å². The summed E-state index contributed by atoms with van der Waals surface area (Å²) in [5.41, 5.74) is 6.45. The number of hydrogen-bond acceptors (Lipinski definition) is 5. The number of hydrogen-bond donors (Lipinski definition) is 2. The van der Waals surface area contributed by atoms with Crippen LogP contribution in [0.3, 0.4) is 0 Å². The van der Waals surface area contributed by atoms with Crippen LogP contribution >= 0.6 is 11.3 Å². The van der Waals surface area contributed by atoms with Crippen LogP contribution in [0.1, 0.15) is 0 Å². The molecule has 2 aromatic heterocycles. The quantitative estimate of drug-likeness (QED) is 0.765. The largest absolute Gasteiger partial charge is 0.367 e. The smallest absolute Gasteiger partial charge is 0.156 e. The number of thiophene rings is 1. The lowest BCUT2D eigenvalue weighted by Crippen LogP contribution is -2.14. The summed E-state index contributed by atoms with van der Waals surface area (Å²) < 4.78 is 0. The second kappa shape index (κ2) is 5.34. The van der Waals surface area contributed by atoms with Gasteiger partial charge in [-0.25, -0.2) is 0 Å². The van der Waals surface area contributed by atoms with Gasteiger partial charge in [-0.2, -0.15) is 0 Å². The average Bonchev–Trinajstić information content (AvgIpc) is 2.98. The van der Waals surface area contributed by atoms with E-state index in [1.54, 1.807) is 11.3 Å². The molecule has 0 atom stereocenters. The summed E-state index contributed by atoms with van der Waals surface area (Å²) >= 11 is 1.67. The van der Waals surface area contributed by atoms with E-state index >= 15 is 0 Å². The minimum atomic E-state index is 0.572. The Bertz CT molecular complexity index is 679. The summed E-state index contributed by atoms with van der Waals surface area (Å²) in [5.74, 6) is 0.793. The van der Waals surface area contributed by atoms with E-state index in [1.807, 2.05) is 23.6 Å². The number of aromatic nitrogens is 2. The third-order valence-corrected chi connectivity index (χ3v) is 3.76. The molecule has 0 aliphatic rings. The molecule has 0 fully saturated rings. The molecule has 1 aromatic carbocycles. The standard InChI is InChI=1S/C14H14N4S/c15-7-8-16-14-11-5-2-1-4-10(11)13(17-18-14)12-6-3-9-19-12/h1-6,9H,7-8,15H2,(H,16,18). The van der Waals surface area contributed by atoms with E-state index in [0.29, 0.717) is 13.1 Å². The molecule has 5 heteroatoms. The van der Waals surface area contributed by atoms with Crippen LogP contribution in [0.4, 0.5) is 5.82 Å². The van der Waals surface area contributed by atoms with Gasteiger partial charge in [0.15, 0.2) is 5.82 Å². The van der Waals surface area contributed by atoms with E-state index in [1.165, 1.54) is 0 Å². The molecular formula is C14H14N4S. The van der Waals surface area contributed by atoms with Crippen molar-refractivity contribution >= 4 is 27.9 Å². The van der Waals surface area contributed by atoms with Crippen molar-refractivity contribution in [1.29, 1.82) is 0 Å². The van der Waals surface area contributed by atoms with Gasteiger partial charge in [-0.15, -0.1) is 21.5 Å². The molecule has 2 heterocycles. The number of nitrogens with two attached hydrogens (primary N) is 1. The maximum atomic E-state index is 5.52. The predicted octanol–water partition coefficient (Wildman–Crippen LogP) is 2.73. The zero-order valence-corrected chi connectivity index (χ0v) is 11.2. The van der Waals surface area contributed by atoms with Gasteiger partial charge in [0, 0.05) is 23.9 Å². The highest BCUT2D eigenvalue weighted by Crippen LogP contribution is 2.31. The van der Waals surface area contributed by atoms with Gasteiger partial charge < -0.3 is 11.1 Å². The average molecular weight is 270 g/mol. The maximum absolute atomic E-state index is 5.52. The van der Waals surface area contributed by atoms with Gasteiger partial charge >= 0.3 is 0 Å². The van der Waals surface area contributed by atoms with Crippen LogP contribution in [0.15, 0.2) is 41.8 Å². The molecule has 0 bridgehead atoms. The Labute approximate surface area is 115 Å². The zero-order valence-electron chi connectivity index (χ0n) is 10.3. The Morgan fingerprint density at radius 2 is 1.89 bits per heavy atom. The third-order valence-electron chi connectivity index (χ3n) is 2.88. The molecule has 3 rings (SSSR count). The fourth-order valence-corrected chi connectivity index (χ4v) is 2.74. The van der Waals surface area contributed by atoms with Crippen molar-refractivity contribution in [3.8, 4) is 10.6 Å². The second-order valence-electron chi connectivity index (χ2n) is 4.14. The van der Waals surface area contributed by atoms with Crippen LogP contribution in [0.25, 0.3) is 21.3 Å². The lowest BCUT2D eigenvalue weighted by Gasteiger charge is -2.09. The van der Waals surface area contributed by atoms with Gasteiger partial charge in [0.2, 0.25) is 0 Å². The van der Waals surface area contributed by atoms with Crippen LogP contribution in [0.2, 0.25) is 0 Å². The minimum Gasteiger partial charge on any atom is -0.367 e. The Hall–Kier alpha value is -1.98. The van der Waals surface area contributed by atoms with Crippen LogP contribution in [-0.4, -0.2) is 23.3 Å². The summed E-state index contributed by atoms with van der Waals surface area (Å²) in [6.07, 6.45) is 0. The van der Waals surface area contributed by atoms with Gasteiger partial charge in [0.25, 0.3) is 0 Å². The topological polar surface area (TPSA) is 63.8 Å². The molecule has 3 N–H and O–H groups in total. The fourth-order valence-electron chi connectivity index (χ4n) is 2.02. The lowest BCUT2D eigenvalue weighted by atomic mass is 10.1. The summed E-state index contributed by atoms with van der Waals surface area (Å²) in [6, 6.07) is 12.3. The van der Waals surface area contributed by atoms with Gasteiger partial charge in [0.1, 0.15) is 5.69 Å². The van der Waals surface area contributed by atoms with Crippen molar-refractivity contribution in [3.63, 3.8) is 0 Å². The molecule has 0 unspecified atom stereocenters. The van der Waals surface area contributed by atoms with Crippen molar-refractivity contribution in [2.75, 3.05) is 18.4 Å². The first-order valence-electron chi connectivity index (χ1n) is 6.13. The predicted molar refractivity (Wildman–Crippen MR) is 80.4 cm³/mol. The number of anilines is 1. The molecule has 4 nitrogen and oxygen atoms in total. The van der Waals surface area contributed by atoms with E-state index in [9.17, 15) is 0 Å². The highest BCUT2D eigenvalue weighted by atomic mass is 32.1. The molecule has 0 saturated carbocycles. The summed E-state index contributed by atoms with van der Waals surface area (Å²) in [7, 11) is 0. The first-order chi connectivity index (χ1) is 9.40. The van der Waals surface area contributed by atoms with Gasteiger partial charge in [-0.3, -0.25) is 0 Å². The Kier molecular flexibility index (Phi) is 3.39. The number of fused-ring (bicyclic) bond motifs is 1. The third kappa shape index (κ3) is 2.30. The maximum Gasteiger partial charge on any atom is 0.156 e. The van der Waals surface area contributed by atoms with E-state index in [0.717, 1.165) is 27.2 Å². The lowest BCUT2D eigenvalue weighted by molar-refractivity contribution is 0.984. The molecule has 19 heavy (non-hydrogen) atoms. The molecule has 0 aliphatic carbocycles. The Morgan fingerprint density at radius 1 is 1.05 bits per heavy atom. The summed E-state index contributed by atoms with van der Waals surface area (Å²) in [5, 5.41) is 16.1. The van der Waals surface area contributed by atoms with Gasteiger partial charge in [-0.05, 0) is 11.4 Å². The molecule has 96 valence electrons. The first kappa shape index (κ1) is 12.1. The fraction of sp³-hybridized carbons (Fsp3) is 0.143. The number of nitrogens with one attached hydrogen (secondary N) is 1. The van der Waals surface area contributed by atoms with Crippen LogP contribution in [0, 0.1) is 0 Å². The van der Waals surface area contributed by atoms with Crippen molar-refractivity contribution in [1.82, 2.24) is 10.2 Å². The molecule has 0 spiro atoms. The van der Waals surface area contributed by atoms with Crippen molar-refractivity contribution in [2.24, 2.45) is 5.73 Å². The zero-order chi connectivity index (χ0) is 13.1. The second-order valence-corrected chi connectivity index (χ2v) is 5.08. The van der Waals surface area contributed by atoms with Crippen molar-refractivity contribution < 1.29 is 0 Å². The van der Waals surface area contributed by atoms with Crippen LogP contribution in [0.5, 0.6) is 0 Å². The van der Waals surface area contributed by atoms with E-state index < -0.39 is 0 Å². The molecule has 0 radical (unpaired) electrons. The molecular weight excluding hydrogens is 256 g/mol. The SMILES string of the molecule is NCCNc1nnc(-c2cccs2)c2ccccc12. The molecule has 0 aliphatic heterocycles. The van der Waals surface area contributed by atoms with Crippen LogP contribution in [-0.2, 0) is 0 Å². The number of rotatable bonds is 4. The number of nitrogens with zero attached hydrogens (tertiary/aromatic N) is 2. The van der Waals surface area contributed by atoms with E-state index in [-0.39, 0.29) is 0 Å². The van der Waals surface area contributed by atoms with E-state index in [4.69, 9.17) is 5.73 Å². The number of benzene rings is 1. The highest BCUT2D eigenvalue weighted by Gasteiger charge is 2.10. The monoisotopic (exact) mass is 270 g/mol. The minimum absolute atomic E-state index is 0.572. The van der Waals surface area contributed by atoms with Gasteiger partial charge in [0.05, 0.1) is 4.88 Å². The summed E-state index contributed by atoms with van der Waals surface area (Å²) in [6.45, 7) is 1.26. The normalized spacial score (nSPS) is 10.8. The Balaban J connectivity index is 2.16. The highest BCUT2D eigenvalue weighted by molar-refractivity contribution is 7.13. The first-order valence-corrected chi connectivity index (χ1v) is 7.01. The van der Waals surface area contributed by atoms with Crippen molar-refractivity contribution in [3.05, 3.63) is 41.8 Å². The molecule has 0 saturated heterocycles. The van der Waals surface area contributed by atoms with Gasteiger partial charge in [-0.1, -0.05) is 30.3 Å². The molecule has 0 amide bonds. The Morgan fingerprint density at radius 3 is 2.63 bits per heavy atom. The van der Waals surface area contributed by atoms with E-state index in [2.05, 4.69) is 33.7 Å². The van der Waals surface area contributed by atoms with Crippen LogP contribution < -0.4 is 11.1 Å².